The predicted molar refractivity (Wildman–Crippen MR) is 81.0 cm³/mol. The summed E-state index contributed by atoms with van der Waals surface area (Å²) in [5.74, 6) is 0.0621. The summed E-state index contributed by atoms with van der Waals surface area (Å²) in [6, 6.07) is 11.1. The smallest absolute Gasteiger partial charge is 0.335 e. The molecule has 0 radical (unpaired) electrons. The fourth-order valence-corrected chi connectivity index (χ4v) is 2.74. The van der Waals surface area contributed by atoms with E-state index in [1.807, 2.05) is 12.1 Å². The van der Waals surface area contributed by atoms with Gasteiger partial charge < -0.3 is 14.7 Å². The van der Waals surface area contributed by atoms with Gasteiger partial charge in [0.2, 0.25) is 0 Å². The zero-order valence-corrected chi connectivity index (χ0v) is 12.1. The van der Waals surface area contributed by atoms with Crippen molar-refractivity contribution in [3.63, 3.8) is 0 Å². The molecule has 1 N–H and O–H groups in total. The number of carbonyl (C=O) groups is 1. The van der Waals surface area contributed by atoms with Crippen LogP contribution in [0.5, 0.6) is 5.75 Å². The maximum atomic E-state index is 10.9. The molecule has 0 unspecified atom stereocenters. The number of benzene rings is 2. The molecule has 21 heavy (non-hydrogen) atoms. The van der Waals surface area contributed by atoms with Crippen LogP contribution >= 0.6 is 0 Å². The number of ether oxygens (including phenoxy) is 1. The summed E-state index contributed by atoms with van der Waals surface area (Å²) in [6.45, 7) is 5.38. The van der Waals surface area contributed by atoms with E-state index in [1.165, 1.54) is 11.1 Å². The molecule has 0 atom stereocenters. The Morgan fingerprint density at radius 1 is 1.19 bits per heavy atom. The van der Waals surface area contributed by atoms with Gasteiger partial charge in [0, 0.05) is 17.8 Å². The topological polar surface area (TPSA) is 49.8 Å². The van der Waals surface area contributed by atoms with E-state index in [0.29, 0.717) is 12.3 Å². The molecule has 0 aromatic heterocycles. The van der Waals surface area contributed by atoms with Crippen LogP contribution in [-0.2, 0) is 6.54 Å². The van der Waals surface area contributed by atoms with Crippen molar-refractivity contribution in [2.45, 2.75) is 20.4 Å². The first-order chi connectivity index (χ1) is 10.0. The van der Waals surface area contributed by atoms with E-state index in [1.54, 1.807) is 12.1 Å². The highest BCUT2D eigenvalue weighted by molar-refractivity contribution is 5.88. The highest BCUT2D eigenvalue weighted by Crippen LogP contribution is 2.32. The maximum absolute atomic E-state index is 10.9. The first-order valence-corrected chi connectivity index (χ1v) is 6.86. The van der Waals surface area contributed by atoms with E-state index >= 15 is 0 Å². The van der Waals surface area contributed by atoms with Crippen LogP contribution in [0, 0.1) is 13.8 Å². The summed E-state index contributed by atoms with van der Waals surface area (Å²) in [5.41, 5.74) is 4.80. The zero-order chi connectivity index (χ0) is 15.0. The second-order valence-electron chi connectivity index (χ2n) is 5.39. The number of carboxylic acids is 1. The Hall–Kier alpha value is -2.49. The number of fused-ring (bicyclic) bond motifs is 1. The summed E-state index contributed by atoms with van der Waals surface area (Å²) in [7, 11) is 0. The zero-order valence-electron chi connectivity index (χ0n) is 12.1. The fourth-order valence-electron chi connectivity index (χ4n) is 2.74. The van der Waals surface area contributed by atoms with Crippen molar-refractivity contribution in [3.8, 4) is 5.75 Å². The van der Waals surface area contributed by atoms with Gasteiger partial charge in [-0.25, -0.2) is 4.79 Å². The van der Waals surface area contributed by atoms with Gasteiger partial charge in [0.15, 0.2) is 6.73 Å². The van der Waals surface area contributed by atoms with Gasteiger partial charge in [-0.3, -0.25) is 0 Å². The number of anilines is 1. The Morgan fingerprint density at radius 3 is 2.57 bits per heavy atom. The molecule has 2 aromatic rings. The molecule has 2 aromatic carbocycles. The average molecular weight is 283 g/mol. The Balaban J connectivity index is 1.87. The fraction of sp³-hybridized carbons (Fsp3) is 0.235. The number of aryl methyl sites for hydroxylation is 2. The Bertz CT molecular complexity index is 692. The third-order valence-corrected chi connectivity index (χ3v) is 3.70. The van der Waals surface area contributed by atoms with Crippen LogP contribution in [0.25, 0.3) is 0 Å². The van der Waals surface area contributed by atoms with E-state index in [4.69, 9.17) is 9.84 Å². The minimum absolute atomic E-state index is 0.295. The molecular weight excluding hydrogens is 266 g/mol. The molecule has 0 aliphatic carbocycles. The lowest BCUT2D eigenvalue weighted by Gasteiger charge is -2.32. The molecule has 108 valence electrons. The summed E-state index contributed by atoms with van der Waals surface area (Å²) in [5, 5.41) is 8.94. The SMILES string of the molecule is Cc1cc(C)c2c(c1)CN(c1ccc(C(=O)O)cc1)CO2. The van der Waals surface area contributed by atoms with E-state index < -0.39 is 5.97 Å². The Morgan fingerprint density at radius 2 is 1.90 bits per heavy atom. The molecule has 0 bridgehead atoms. The average Bonchev–Trinajstić information content (AvgIpc) is 2.46. The molecule has 1 aliphatic heterocycles. The summed E-state index contributed by atoms with van der Waals surface area (Å²) in [4.78, 5) is 13.0. The normalized spacial score (nSPS) is 13.5. The van der Waals surface area contributed by atoms with Gasteiger partial charge in [0.1, 0.15) is 5.75 Å². The molecule has 1 heterocycles. The van der Waals surface area contributed by atoms with Crippen molar-refractivity contribution in [2.75, 3.05) is 11.6 Å². The van der Waals surface area contributed by atoms with E-state index in [2.05, 4.69) is 30.9 Å². The summed E-state index contributed by atoms with van der Waals surface area (Å²) in [6.07, 6.45) is 0. The molecule has 1 aliphatic rings. The van der Waals surface area contributed by atoms with Crippen molar-refractivity contribution in [3.05, 3.63) is 58.7 Å². The monoisotopic (exact) mass is 283 g/mol. The third-order valence-electron chi connectivity index (χ3n) is 3.70. The van der Waals surface area contributed by atoms with Crippen LogP contribution in [0.15, 0.2) is 36.4 Å². The molecule has 4 nitrogen and oxygen atoms in total. The molecule has 0 saturated heterocycles. The van der Waals surface area contributed by atoms with Crippen LogP contribution in [0.3, 0.4) is 0 Å². The van der Waals surface area contributed by atoms with E-state index in [0.717, 1.165) is 23.5 Å². The van der Waals surface area contributed by atoms with E-state index in [-0.39, 0.29) is 0 Å². The number of aromatic carboxylic acids is 1. The van der Waals surface area contributed by atoms with Crippen LogP contribution in [0.2, 0.25) is 0 Å². The number of nitrogens with zero attached hydrogens (tertiary/aromatic N) is 1. The minimum atomic E-state index is -0.909. The molecule has 0 amide bonds. The Kier molecular flexibility index (Phi) is 3.29. The van der Waals surface area contributed by atoms with Crippen molar-refractivity contribution >= 4 is 11.7 Å². The first kappa shape index (κ1) is 13.5. The standard InChI is InChI=1S/C17H17NO3/c1-11-7-12(2)16-14(8-11)9-18(10-21-16)15-5-3-13(4-6-15)17(19)20/h3-8H,9-10H2,1-2H3,(H,19,20). The molecule has 0 spiro atoms. The predicted octanol–water partition coefficient (Wildman–Crippen LogP) is 3.36. The number of hydrogen-bond donors (Lipinski definition) is 1. The van der Waals surface area contributed by atoms with Gasteiger partial charge in [0.25, 0.3) is 0 Å². The van der Waals surface area contributed by atoms with E-state index in [9.17, 15) is 4.79 Å². The lowest BCUT2D eigenvalue weighted by molar-refractivity contribution is 0.0697. The van der Waals surface area contributed by atoms with Crippen LogP contribution in [0.4, 0.5) is 5.69 Å². The third kappa shape index (κ3) is 2.57. The number of rotatable bonds is 2. The van der Waals surface area contributed by atoms with Gasteiger partial charge in [-0.2, -0.15) is 0 Å². The second-order valence-corrected chi connectivity index (χ2v) is 5.39. The maximum Gasteiger partial charge on any atom is 0.335 e. The largest absolute Gasteiger partial charge is 0.478 e. The number of carboxylic acid groups (broad SMARTS) is 1. The van der Waals surface area contributed by atoms with Gasteiger partial charge in [-0.1, -0.05) is 17.7 Å². The van der Waals surface area contributed by atoms with Gasteiger partial charge in [-0.05, 0) is 43.7 Å². The second kappa shape index (κ2) is 5.13. The summed E-state index contributed by atoms with van der Waals surface area (Å²) < 4.78 is 5.86. The lowest BCUT2D eigenvalue weighted by Crippen LogP contribution is -2.32. The molecule has 3 rings (SSSR count). The van der Waals surface area contributed by atoms with Gasteiger partial charge >= 0.3 is 5.97 Å². The van der Waals surface area contributed by atoms with Crippen LogP contribution in [-0.4, -0.2) is 17.8 Å². The lowest BCUT2D eigenvalue weighted by atomic mass is 10.0. The minimum Gasteiger partial charge on any atom is -0.478 e. The van der Waals surface area contributed by atoms with Crippen molar-refractivity contribution in [1.29, 1.82) is 0 Å². The molecule has 0 fully saturated rings. The van der Waals surface area contributed by atoms with Crippen LogP contribution in [0.1, 0.15) is 27.0 Å². The highest BCUT2D eigenvalue weighted by Gasteiger charge is 2.19. The molecule has 0 saturated carbocycles. The first-order valence-electron chi connectivity index (χ1n) is 6.86. The van der Waals surface area contributed by atoms with Crippen molar-refractivity contribution in [1.82, 2.24) is 0 Å². The van der Waals surface area contributed by atoms with Gasteiger partial charge in [0.05, 0.1) is 5.56 Å². The van der Waals surface area contributed by atoms with Gasteiger partial charge in [-0.15, -0.1) is 0 Å². The molecule has 4 heteroatoms. The van der Waals surface area contributed by atoms with Crippen molar-refractivity contribution < 1.29 is 14.6 Å². The number of hydrogen-bond acceptors (Lipinski definition) is 3. The van der Waals surface area contributed by atoms with Crippen molar-refractivity contribution in [2.24, 2.45) is 0 Å². The highest BCUT2D eigenvalue weighted by atomic mass is 16.5. The van der Waals surface area contributed by atoms with Crippen LogP contribution < -0.4 is 9.64 Å². The summed E-state index contributed by atoms with van der Waals surface area (Å²) >= 11 is 0. The quantitative estimate of drug-likeness (QED) is 0.918. The molecular formula is C17H17NO3. The Labute approximate surface area is 123 Å².